The summed E-state index contributed by atoms with van der Waals surface area (Å²) in [5.41, 5.74) is 0. The highest BCUT2D eigenvalue weighted by molar-refractivity contribution is 7.91. The number of rotatable bonds is 29. The second-order valence-corrected chi connectivity index (χ2v) is 14.6. The van der Waals surface area contributed by atoms with Crippen LogP contribution in [0.3, 0.4) is 0 Å². The lowest BCUT2D eigenvalue weighted by Crippen LogP contribution is -2.38. The van der Waals surface area contributed by atoms with E-state index in [9.17, 15) is 8.42 Å². The quantitative estimate of drug-likeness (QED) is 0.0752. The minimum Gasteiger partial charge on any atom is -0.457 e. The van der Waals surface area contributed by atoms with Crippen LogP contribution >= 0.6 is 0 Å². The number of aromatic nitrogens is 2. The lowest BCUT2D eigenvalue weighted by atomic mass is 10.0. The van der Waals surface area contributed by atoms with Crippen molar-refractivity contribution in [1.29, 1.82) is 0 Å². The van der Waals surface area contributed by atoms with Crippen molar-refractivity contribution in [3.63, 3.8) is 0 Å². The molecule has 0 aliphatic rings. The Balaban J connectivity index is 2.14. The van der Waals surface area contributed by atoms with Gasteiger partial charge in [-0.05, 0) is 12.5 Å². The zero-order chi connectivity index (χ0) is 30.1. The fourth-order valence-electron chi connectivity index (χ4n) is 4.57. The maximum Gasteiger partial charge on any atom is 0.316 e. The molecule has 0 aromatic carbocycles. The van der Waals surface area contributed by atoms with E-state index in [1.54, 1.807) is 18.5 Å². The molecule has 1 heterocycles. The first kappa shape index (κ1) is 37.7. The number of ether oxygens (including phenoxy) is 3. The third-order valence-corrected chi connectivity index (χ3v) is 8.81. The Hall–Kier alpha value is -1.29. The van der Waals surface area contributed by atoms with Gasteiger partial charge in [-0.3, -0.25) is 0 Å². The maximum absolute atomic E-state index is 12.7. The van der Waals surface area contributed by atoms with Crippen molar-refractivity contribution in [1.82, 2.24) is 9.97 Å². The number of hydrogen-bond acceptors (Lipinski definition) is 7. The Labute approximate surface area is 252 Å². The Morgan fingerprint density at radius 2 is 1.22 bits per heavy atom. The van der Waals surface area contributed by atoms with Gasteiger partial charge in [-0.25, -0.2) is 18.4 Å². The fourth-order valence-corrected chi connectivity index (χ4v) is 5.84. The van der Waals surface area contributed by atoms with Crippen LogP contribution < -0.4 is 4.74 Å². The number of hydrogen-bond donors (Lipinski definition) is 0. The molecule has 1 aromatic heterocycles. The lowest BCUT2D eigenvalue weighted by Gasteiger charge is -2.23. The molecule has 0 bridgehead atoms. The smallest absolute Gasteiger partial charge is 0.316 e. The number of sulfone groups is 1. The van der Waals surface area contributed by atoms with E-state index >= 15 is 0 Å². The molecule has 0 aliphatic heterocycles. The van der Waals surface area contributed by atoms with Crippen molar-refractivity contribution < 1.29 is 27.1 Å². The zero-order valence-corrected chi connectivity index (χ0v) is 27.7. The molecule has 0 N–H and O–H groups in total. The normalized spacial score (nSPS) is 13.0. The third kappa shape index (κ3) is 25.0. The summed E-state index contributed by atoms with van der Waals surface area (Å²) in [4.78, 5) is 8.16. The van der Waals surface area contributed by atoms with Gasteiger partial charge in [-0.2, -0.15) is 0 Å². The van der Waals surface area contributed by atoms with Crippen molar-refractivity contribution in [3.05, 3.63) is 18.5 Å². The number of unbranched alkanes of at least 4 members (excludes halogenated alkanes) is 15. The summed E-state index contributed by atoms with van der Waals surface area (Å²) in [6, 6.07) is 1.86. The van der Waals surface area contributed by atoms with E-state index in [4.69, 9.17) is 14.2 Å². The Morgan fingerprint density at radius 3 is 1.73 bits per heavy atom. The standard InChI is InChI=1S/C32H62N3O5S/c1-5-6-7-8-9-10-11-12-13-14-15-16-17-18-19-20-25-39-29-31(40-32-33-22-21-23-34-32)30-41(36,37)28-27-38-26-24-35(2,3)4/h21-23,31H,5-20,24-30H2,1-4H3/q+1. The summed E-state index contributed by atoms with van der Waals surface area (Å²) >= 11 is 0. The van der Waals surface area contributed by atoms with Crippen LogP contribution in [-0.2, 0) is 19.3 Å². The average Bonchev–Trinajstić information content (AvgIpc) is 2.92. The molecule has 0 saturated heterocycles. The van der Waals surface area contributed by atoms with Crippen molar-refractivity contribution in [2.24, 2.45) is 0 Å². The van der Waals surface area contributed by atoms with Gasteiger partial charge in [0.2, 0.25) is 0 Å². The average molecular weight is 601 g/mol. The maximum atomic E-state index is 12.7. The van der Waals surface area contributed by atoms with E-state index in [-0.39, 0.29) is 30.7 Å². The van der Waals surface area contributed by atoms with E-state index in [2.05, 4.69) is 38.0 Å². The first-order chi connectivity index (χ1) is 19.7. The van der Waals surface area contributed by atoms with Gasteiger partial charge in [0.15, 0.2) is 9.84 Å². The molecule has 0 amide bonds. The van der Waals surface area contributed by atoms with Crippen LogP contribution in [0.2, 0.25) is 0 Å². The monoisotopic (exact) mass is 600 g/mol. The summed E-state index contributed by atoms with van der Waals surface area (Å²) in [5.74, 6) is -0.193. The van der Waals surface area contributed by atoms with E-state index in [1.807, 2.05) is 0 Å². The number of likely N-dealkylation sites (N-methyl/N-ethyl adjacent to an activating group) is 1. The molecule has 1 aromatic rings. The van der Waals surface area contributed by atoms with Crippen molar-refractivity contribution >= 4 is 9.84 Å². The Kier molecular flexibility index (Phi) is 22.3. The van der Waals surface area contributed by atoms with Gasteiger partial charge in [0, 0.05) is 19.0 Å². The third-order valence-electron chi connectivity index (χ3n) is 7.15. The SMILES string of the molecule is CCCCCCCCCCCCCCCCCCOCC(CS(=O)(=O)CCOCC[N+](C)(C)C)Oc1ncccn1. The predicted molar refractivity (Wildman–Crippen MR) is 169 cm³/mol. The van der Waals surface area contributed by atoms with Crippen molar-refractivity contribution in [2.75, 3.05) is 65.6 Å². The van der Waals surface area contributed by atoms with Gasteiger partial charge in [0.05, 0.1) is 52.5 Å². The molecule has 41 heavy (non-hydrogen) atoms. The first-order valence-electron chi connectivity index (χ1n) is 16.3. The zero-order valence-electron chi connectivity index (χ0n) is 26.9. The lowest BCUT2D eigenvalue weighted by molar-refractivity contribution is -0.870. The Bertz CT molecular complexity index is 818. The summed E-state index contributed by atoms with van der Waals surface area (Å²) in [5, 5.41) is 0. The van der Waals surface area contributed by atoms with Crippen molar-refractivity contribution in [2.45, 2.75) is 116 Å². The molecule has 1 rings (SSSR count). The molecule has 0 saturated carbocycles. The summed E-state index contributed by atoms with van der Waals surface area (Å²) in [7, 11) is 2.85. The molecule has 8 nitrogen and oxygen atoms in total. The van der Waals surface area contributed by atoms with Gasteiger partial charge < -0.3 is 18.7 Å². The number of quaternary nitrogens is 1. The van der Waals surface area contributed by atoms with Crippen LogP contribution in [0.25, 0.3) is 0 Å². The summed E-state index contributed by atoms with van der Waals surface area (Å²) in [6.07, 6.45) is 23.8. The van der Waals surface area contributed by atoms with E-state index in [1.165, 1.54) is 89.9 Å². The van der Waals surface area contributed by atoms with Crippen molar-refractivity contribution in [3.8, 4) is 6.01 Å². The fraction of sp³-hybridized carbons (Fsp3) is 0.875. The second kappa shape index (κ2) is 24.2. The molecule has 240 valence electrons. The van der Waals surface area contributed by atoms with Gasteiger partial charge in [-0.1, -0.05) is 103 Å². The minimum atomic E-state index is -3.38. The van der Waals surface area contributed by atoms with Gasteiger partial charge in [0.1, 0.15) is 12.6 Å². The highest BCUT2D eigenvalue weighted by atomic mass is 32.2. The predicted octanol–water partition coefficient (Wildman–Crippen LogP) is 6.64. The molecule has 0 spiro atoms. The van der Waals surface area contributed by atoms with Crippen LogP contribution in [0.4, 0.5) is 0 Å². The summed E-state index contributed by atoms with van der Waals surface area (Å²) in [6.45, 7) is 4.60. The molecule has 1 atom stereocenters. The molecule has 9 heteroatoms. The largest absolute Gasteiger partial charge is 0.457 e. The van der Waals surface area contributed by atoms with E-state index < -0.39 is 15.9 Å². The minimum absolute atomic E-state index is 0.0429. The highest BCUT2D eigenvalue weighted by Crippen LogP contribution is 2.14. The topological polar surface area (TPSA) is 87.6 Å². The van der Waals surface area contributed by atoms with Crippen LogP contribution in [-0.4, -0.2) is 94.6 Å². The summed E-state index contributed by atoms with van der Waals surface area (Å²) < 4.78 is 43.4. The molecule has 0 radical (unpaired) electrons. The van der Waals surface area contributed by atoms with Crippen LogP contribution in [0.15, 0.2) is 18.5 Å². The highest BCUT2D eigenvalue weighted by Gasteiger charge is 2.22. The van der Waals surface area contributed by atoms with Gasteiger partial charge in [-0.15, -0.1) is 0 Å². The number of nitrogens with zero attached hydrogens (tertiary/aromatic N) is 3. The van der Waals surface area contributed by atoms with Crippen LogP contribution in [0, 0.1) is 0 Å². The molecule has 0 fully saturated rings. The van der Waals surface area contributed by atoms with E-state index in [0.717, 1.165) is 23.9 Å². The van der Waals surface area contributed by atoms with Gasteiger partial charge >= 0.3 is 6.01 Å². The molecule has 0 aliphatic carbocycles. The van der Waals surface area contributed by atoms with Gasteiger partial charge in [0.25, 0.3) is 0 Å². The van der Waals surface area contributed by atoms with Crippen LogP contribution in [0.1, 0.15) is 110 Å². The molecule has 1 unspecified atom stereocenters. The Morgan fingerprint density at radius 1 is 0.707 bits per heavy atom. The second-order valence-electron chi connectivity index (χ2n) is 12.4. The van der Waals surface area contributed by atoms with E-state index in [0.29, 0.717) is 13.2 Å². The molecular weight excluding hydrogens is 538 g/mol. The van der Waals surface area contributed by atoms with Crippen LogP contribution in [0.5, 0.6) is 6.01 Å². The molecular formula is C32H62N3O5S+. The first-order valence-corrected chi connectivity index (χ1v) is 18.1.